The molecule has 0 aromatic heterocycles. The number of hydrogen-bond donors (Lipinski definition) is 1. The van der Waals surface area contributed by atoms with E-state index in [1.54, 1.807) is 0 Å². The molecule has 20 heavy (non-hydrogen) atoms. The van der Waals surface area contributed by atoms with E-state index in [2.05, 4.69) is 99.3 Å². The van der Waals surface area contributed by atoms with Crippen LogP contribution in [0.25, 0.3) is 0 Å². The highest BCUT2D eigenvalue weighted by Crippen LogP contribution is 2.27. The van der Waals surface area contributed by atoms with Crippen LogP contribution in [0.3, 0.4) is 0 Å². The standard InChI is InChI=1S/C17H19BrIN/c1-2-20-17(11-8-13-6-4-3-5-7-13)15-12-14(18)9-10-16(15)19/h3-7,9-10,12,17,20H,2,8,11H2,1H3. The maximum Gasteiger partial charge on any atom is 0.0334 e. The van der Waals surface area contributed by atoms with Crippen molar-refractivity contribution in [2.24, 2.45) is 0 Å². The van der Waals surface area contributed by atoms with E-state index in [0.717, 1.165) is 23.9 Å². The van der Waals surface area contributed by atoms with Crippen LogP contribution >= 0.6 is 38.5 Å². The molecule has 2 rings (SSSR count). The number of aryl methyl sites for hydroxylation is 1. The molecule has 1 unspecified atom stereocenters. The van der Waals surface area contributed by atoms with E-state index in [0.29, 0.717) is 6.04 Å². The van der Waals surface area contributed by atoms with E-state index >= 15 is 0 Å². The average molecular weight is 444 g/mol. The van der Waals surface area contributed by atoms with Gasteiger partial charge in [0.1, 0.15) is 0 Å². The maximum atomic E-state index is 3.61. The van der Waals surface area contributed by atoms with Crippen LogP contribution in [0.5, 0.6) is 0 Å². The molecule has 3 heteroatoms. The highest BCUT2D eigenvalue weighted by Gasteiger charge is 2.14. The third kappa shape index (κ3) is 4.57. The predicted octanol–water partition coefficient (Wildman–Crippen LogP) is 5.34. The summed E-state index contributed by atoms with van der Waals surface area (Å²) in [7, 11) is 0. The molecule has 1 nitrogen and oxygen atoms in total. The lowest BCUT2D eigenvalue weighted by Crippen LogP contribution is -2.22. The Hall–Kier alpha value is -0.390. The Morgan fingerprint density at radius 1 is 1.15 bits per heavy atom. The topological polar surface area (TPSA) is 12.0 Å². The summed E-state index contributed by atoms with van der Waals surface area (Å²) < 4.78 is 2.47. The Balaban J connectivity index is 2.12. The summed E-state index contributed by atoms with van der Waals surface area (Å²) in [5.74, 6) is 0. The summed E-state index contributed by atoms with van der Waals surface area (Å²) in [6.45, 7) is 3.16. The van der Waals surface area contributed by atoms with Crippen molar-refractivity contribution >= 4 is 38.5 Å². The highest BCUT2D eigenvalue weighted by atomic mass is 127. The van der Waals surface area contributed by atoms with E-state index in [4.69, 9.17) is 0 Å². The smallest absolute Gasteiger partial charge is 0.0334 e. The van der Waals surface area contributed by atoms with Crippen molar-refractivity contribution in [1.29, 1.82) is 0 Å². The Morgan fingerprint density at radius 3 is 2.60 bits per heavy atom. The van der Waals surface area contributed by atoms with Gasteiger partial charge in [-0.3, -0.25) is 0 Å². The zero-order valence-corrected chi connectivity index (χ0v) is 15.3. The number of rotatable bonds is 6. The van der Waals surface area contributed by atoms with Crippen LogP contribution in [0, 0.1) is 3.57 Å². The first kappa shape index (κ1) is 16.0. The van der Waals surface area contributed by atoms with Gasteiger partial charge in [-0.15, -0.1) is 0 Å². The summed E-state index contributed by atoms with van der Waals surface area (Å²) in [5.41, 5.74) is 2.79. The highest BCUT2D eigenvalue weighted by molar-refractivity contribution is 14.1. The third-order valence-corrected chi connectivity index (χ3v) is 4.82. The lowest BCUT2D eigenvalue weighted by molar-refractivity contribution is 0.513. The molecule has 0 bridgehead atoms. The molecule has 0 fully saturated rings. The van der Waals surface area contributed by atoms with E-state index in [-0.39, 0.29) is 0 Å². The van der Waals surface area contributed by atoms with Crippen LogP contribution in [0.1, 0.15) is 30.5 Å². The van der Waals surface area contributed by atoms with E-state index in [1.165, 1.54) is 14.7 Å². The molecule has 0 saturated heterocycles. The van der Waals surface area contributed by atoms with Crippen LogP contribution in [-0.4, -0.2) is 6.54 Å². The summed E-state index contributed by atoms with van der Waals surface area (Å²) in [4.78, 5) is 0. The summed E-state index contributed by atoms with van der Waals surface area (Å²) in [6, 6.07) is 17.6. The van der Waals surface area contributed by atoms with Crippen molar-refractivity contribution in [1.82, 2.24) is 5.32 Å². The van der Waals surface area contributed by atoms with Gasteiger partial charge in [0.05, 0.1) is 0 Å². The molecule has 0 spiro atoms. The Bertz CT molecular complexity index is 542. The molecule has 0 aliphatic rings. The molecule has 0 aliphatic carbocycles. The number of hydrogen-bond acceptors (Lipinski definition) is 1. The quantitative estimate of drug-likeness (QED) is 0.594. The van der Waals surface area contributed by atoms with Crippen molar-refractivity contribution in [2.75, 3.05) is 6.54 Å². The van der Waals surface area contributed by atoms with Crippen molar-refractivity contribution in [3.05, 3.63) is 67.7 Å². The van der Waals surface area contributed by atoms with Gasteiger partial charge in [-0.1, -0.05) is 53.2 Å². The van der Waals surface area contributed by atoms with Gasteiger partial charge in [0.25, 0.3) is 0 Å². The predicted molar refractivity (Wildman–Crippen MR) is 98.0 cm³/mol. The van der Waals surface area contributed by atoms with Crippen LogP contribution in [0.4, 0.5) is 0 Å². The van der Waals surface area contributed by atoms with Crippen LogP contribution in [0.15, 0.2) is 53.0 Å². The monoisotopic (exact) mass is 443 g/mol. The van der Waals surface area contributed by atoms with Crippen molar-refractivity contribution in [2.45, 2.75) is 25.8 Å². The van der Waals surface area contributed by atoms with Crippen LogP contribution in [0.2, 0.25) is 0 Å². The van der Waals surface area contributed by atoms with Gasteiger partial charge in [0, 0.05) is 14.1 Å². The van der Waals surface area contributed by atoms with Crippen molar-refractivity contribution in [3.63, 3.8) is 0 Å². The average Bonchev–Trinajstić information content (AvgIpc) is 2.47. The van der Waals surface area contributed by atoms with Crippen LogP contribution in [-0.2, 0) is 6.42 Å². The molecule has 2 aromatic carbocycles. The Labute approximate surface area is 143 Å². The zero-order valence-electron chi connectivity index (χ0n) is 11.6. The molecule has 1 atom stereocenters. The molecule has 0 saturated carbocycles. The summed E-state index contributed by atoms with van der Waals surface area (Å²) >= 11 is 6.01. The lowest BCUT2D eigenvalue weighted by atomic mass is 9.99. The molecule has 0 amide bonds. The minimum absolute atomic E-state index is 0.407. The first-order valence-corrected chi connectivity index (χ1v) is 8.80. The third-order valence-electron chi connectivity index (χ3n) is 3.35. The fourth-order valence-electron chi connectivity index (χ4n) is 2.35. The Morgan fingerprint density at radius 2 is 1.90 bits per heavy atom. The molecule has 106 valence electrons. The van der Waals surface area contributed by atoms with Crippen molar-refractivity contribution < 1.29 is 0 Å². The lowest BCUT2D eigenvalue weighted by Gasteiger charge is -2.20. The second kappa shape index (κ2) is 8.15. The van der Waals surface area contributed by atoms with E-state index in [1.807, 2.05) is 0 Å². The maximum absolute atomic E-state index is 3.61. The number of nitrogens with one attached hydrogen (secondary N) is 1. The minimum atomic E-state index is 0.407. The van der Waals surface area contributed by atoms with Gasteiger partial charge < -0.3 is 5.32 Å². The van der Waals surface area contributed by atoms with Gasteiger partial charge >= 0.3 is 0 Å². The van der Waals surface area contributed by atoms with Gasteiger partial charge in [0.2, 0.25) is 0 Å². The van der Waals surface area contributed by atoms with E-state index in [9.17, 15) is 0 Å². The van der Waals surface area contributed by atoms with Gasteiger partial charge in [-0.05, 0) is 71.3 Å². The fraction of sp³-hybridized carbons (Fsp3) is 0.294. The normalized spacial score (nSPS) is 12.3. The largest absolute Gasteiger partial charge is 0.310 e. The van der Waals surface area contributed by atoms with E-state index < -0.39 is 0 Å². The molecule has 0 aliphatic heterocycles. The molecular formula is C17H19BrIN. The van der Waals surface area contributed by atoms with Gasteiger partial charge in [-0.25, -0.2) is 0 Å². The van der Waals surface area contributed by atoms with Gasteiger partial charge in [-0.2, -0.15) is 0 Å². The minimum Gasteiger partial charge on any atom is -0.310 e. The molecule has 2 aromatic rings. The van der Waals surface area contributed by atoms with Gasteiger partial charge in [0.15, 0.2) is 0 Å². The summed E-state index contributed by atoms with van der Waals surface area (Å²) in [6.07, 6.45) is 2.21. The molecular weight excluding hydrogens is 425 g/mol. The SMILES string of the molecule is CCNC(CCc1ccccc1)c1cc(Br)ccc1I. The molecule has 0 radical (unpaired) electrons. The Kier molecular flexibility index (Phi) is 6.52. The summed E-state index contributed by atoms with van der Waals surface area (Å²) in [5, 5.41) is 3.61. The fourth-order valence-corrected chi connectivity index (χ4v) is 3.44. The van der Waals surface area contributed by atoms with Crippen molar-refractivity contribution in [3.8, 4) is 0 Å². The first-order valence-electron chi connectivity index (χ1n) is 6.93. The molecule has 1 N–H and O–H groups in total. The number of benzene rings is 2. The molecule has 0 heterocycles. The number of halogens is 2. The zero-order chi connectivity index (χ0) is 14.4. The van der Waals surface area contributed by atoms with Crippen LogP contribution < -0.4 is 5.32 Å². The second-order valence-corrected chi connectivity index (χ2v) is 6.88. The second-order valence-electron chi connectivity index (χ2n) is 4.80. The first-order chi connectivity index (χ1) is 9.70.